The molecule has 0 fully saturated rings. The number of hydrogen-bond donors (Lipinski definition) is 1. The van der Waals surface area contributed by atoms with Crippen molar-refractivity contribution in [2.24, 2.45) is 0 Å². The van der Waals surface area contributed by atoms with Gasteiger partial charge in [-0.15, -0.1) is 0 Å². The molecular weight excluding hydrogens is 228 g/mol. The lowest BCUT2D eigenvalue weighted by Gasteiger charge is -2.00. The summed E-state index contributed by atoms with van der Waals surface area (Å²) >= 11 is 0. The van der Waals surface area contributed by atoms with Gasteiger partial charge in [0.2, 0.25) is 5.95 Å². The molecule has 90 valence electrons. The van der Waals surface area contributed by atoms with Gasteiger partial charge in [-0.25, -0.2) is 9.97 Å². The van der Waals surface area contributed by atoms with Gasteiger partial charge in [0, 0.05) is 23.3 Å². The zero-order valence-electron chi connectivity index (χ0n) is 9.92. The van der Waals surface area contributed by atoms with Crippen molar-refractivity contribution in [2.75, 3.05) is 5.73 Å². The highest BCUT2D eigenvalue weighted by molar-refractivity contribution is 5.86. The zero-order valence-corrected chi connectivity index (χ0v) is 9.92. The smallest absolute Gasteiger partial charge is 0.220 e. The molecule has 0 aliphatic rings. The van der Waals surface area contributed by atoms with Gasteiger partial charge in [-0.1, -0.05) is 6.92 Å². The first-order valence-corrected chi connectivity index (χ1v) is 5.74. The van der Waals surface area contributed by atoms with Gasteiger partial charge >= 0.3 is 0 Å². The van der Waals surface area contributed by atoms with E-state index in [4.69, 9.17) is 10.2 Å². The Balaban J connectivity index is 2.28. The molecule has 0 bridgehead atoms. The maximum Gasteiger partial charge on any atom is 0.220 e. The fourth-order valence-corrected chi connectivity index (χ4v) is 2.06. The molecule has 3 rings (SSSR count). The van der Waals surface area contributed by atoms with Crippen molar-refractivity contribution in [3.05, 3.63) is 36.3 Å². The number of hydrogen-bond acceptors (Lipinski definition) is 5. The second-order valence-corrected chi connectivity index (χ2v) is 3.94. The molecule has 0 aromatic carbocycles. The van der Waals surface area contributed by atoms with Crippen LogP contribution in [0.4, 0.5) is 5.95 Å². The summed E-state index contributed by atoms with van der Waals surface area (Å²) in [6, 6.07) is 3.74. The number of furan rings is 1. The SMILES string of the molecule is CCc1c(-c2ccnc(N)n2)oc2cnccc12. The van der Waals surface area contributed by atoms with Gasteiger partial charge in [-0.2, -0.15) is 0 Å². The van der Waals surface area contributed by atoms with E-state index >= 15 is 0 Å². The monoisotopic (exact) mass is 240 g/mol. The van der Waals surface area contributed by atoms with Crippen LogP contribution >= 0.6 is 0 Å². The minimum atomic E-state index is 0.244. The number of anilines is 1. The molecule has 0 atom stereocenters. The number of aryl methyl sites for hydroxylation is 1. The van der Waals surface area contributed by atoms with E-state index in [0.717, 1.165) is 28.7 Å². The van der Waals surface area contributed by atoms with Crippen molar-refractivity contribution in [2.45, 2.75) is 13.3 Å². The van der Waals surface area contributed by atoms with Crippen LogP contribution in [0, 0.1) is 0 Å². The zero-order chi connectivity index (χ0) is 12.5. The van der Waals surface area contributed by atoms with Crippen molar-refractivity contribution in [1.29, 1.82) is 0 Å². The normalized spacial score (nSPS) is 10.9. The van der Waals surface area contributed by atoms with Gasteiger partial charge < -0.3 is 10.2 Å². The van der Waals surface area contributed by atoms with E-state index in [-0.39, 0.29) is 5.95 Å². The van der Waals surface area contributed by atoms with E-state index in [1.807, 2.05) is 6.07 Å². The number of aromatic nitrogens is 3. The summed E-state index contributed by atoms with van der Waals surface area (Å²) in [5, 5.41) is 1.07. The van der Waals surface area contributed by atoms with Gasteiger partial charge in [0.05, 0.1) is 6.20 Å². The Morgan fingerprint density at radius 1 is 1.28 bits per heavy atom. The number of nitrogens with zero attached hydrogens (tertiary/aromatic N) is 3. The molecule has 0 saturated carbocycles. The molecule has 5 nitrogen and oxygen atoms in total. The summed E-state index contributed by atoms with van der Waals surface area (Å²) in [5.41, 5.74) is 8.19. The molecule has 3 heterocycles. The van der Waals surface area contributed by atoms with Crippen molar-refractivity contribution >= 4 is 16.9 Å². The maximum atomic E-state index is 5.82. The number of nitrogens with two attached hydrogens (primary N) is 1. The molecule has 3 aromatic heterocycles. The Bertz CT molecular complexity index is 705. The van der Waals surface area contributed by atoms with Gasteiger partial charge in [0.1, 0.15) is 5.69 Å². The van der Waals surface area contributed by atoms with Crippen LogP contribution in [0.1, 0.15) is 12.5 Å². The second kappa shape index (κ2) is 4.10. The van der Waals surface area contributed by atoms with Gasteiger partial charge in [0.25, 0.3) is 0 Å². The standard InChI is InChI=1S/C13H12N4O/c1-2-8-9-3-5-15-7-11(9)18-12(8)10-4-6-16-13(14)17-10/h3-7H,2H2,1H3,(H2,14,16,17). The minimum absolute atomic E-state index is 0.244. The van der Waals surface area contributed by atoms with Crippen LogP contribution in [-0.2, 0) is 6.42 Å². The quantitative estimate of drug-likeness (QED) is 0.744. The molecule has 18 heavy (non-hydrogen) atoms. The van der Waals surface area contributed by atoms with Crippen LogP contribution in [0.3, 0.4) is 0 Å². The molecule has 0 aliphatic heterocycles. The minimum Gasteiger partial charge on any atom is -0.453 e. The second-order valence-electron chi connectivity index (χ2n) is 3.94. The Labute approximate surface area is 104 Å². The highest BCUT2D eigenvalue weighted by atomic mass is 16.3. The fourth-order valence-electron chi connectivity index (χ4n) is 2.06. The highest BCUT2D eigenvalue weighted by Crippen LogP contribution is 2.32. The lowest BCUT2D eigenvalue weighted by Crippen LogP contribution is -1.95. The third-order valence-electron chi connectivity index (χ3n) is 2.86. The third-order valence-corrected chi connectivity index (χ3v) is 2.86. The van der Waals surface area contributed by atoms with Crippen molar-refractivity contribution < 1.29 is 4.42 Å². The van der Waals surface area contributed by atoms with Gasteiger partial charge in [0.15, 0.2) is 11.3 Å². The molecule has 0 unspecified atom stereocenters. The average Bonchev–Trinajstić information content (AvgIpc) is 2.77. The maximum absolute atomic E-state index is 5.82. The lowest BCUT2D eigenvalue weighted by molar-refractivity contribution is 0.623. The Morgan fingerprint density at radius 2 is 2.17 bits per heavy atom. The van der Waals surface area contributed by atoms with Gasteiger partial charge in [-0.05, 0) is 18.6 Å². The van der Waals surface area contributed by atoms with E-state index < -0.39 is 0 Å². The predicted octanol–water partition coefficient (Wildman–Crippen LogP) is 2.43. The van der Waals surface area contributed by atoms with E-state index in [2.05, 4.69) is 21.9 Å². The van der Waals surface area contributed by atoms with Crippen LogP contribution in [0.2, 0.25) is 0 Å². The number of nitrogen functional groups attached to an aromatic ring is 1. The summed E-state index contributed by atoms with van der Waals surface area (Å²) in [4.78, 5) is 12.1. The van der Waals surface area contributed by atoms with Crippen LogP contribution < -0.4 is 5.73 Å². The molecule has 0 radical (unpaired) electrons. The topological polar surface area (TPSA) is 77.8 Å². The summed E-state index contributed by atoms with van der Waals surface area (Å²) in [6.45, 7) is 2.08. The van der Waals surface area contributed by atoms with Gasteiger partial charge in [-0.3, -0.25) is 4.98 Å². The van der Waals surface area contributed by atoms with E-state index in [0.29, 0.717) is 5.69 Å². The third kappa shape index (κ3) is 1.60. The molecule has 0 spiro atoms. The first kappa shape index (κ1) is 10.7. The van der Waals surface area contributed by atoms with Crippen LogP contribution in [0.25, 0.3) is 22.4 Å². The van der Waals surface area contributed by atoms with E-state index in [1.165, 1.54) is 0 Å². The number of pyridine rings is 1. The van der Waals surface area contributed by atoms with Crippen LogP contribution in [-0.4, -0.2) is 15.0 Å². The Hall–Kier alpha value is -2.43. The van der Waals surface area contributed by atoms with Crippen LogP contribution in [0.5, 0.6) is 0 Å². The van der Waals surface area contributed by atoms with Crippen molar-refractivity contribution in [3.8, 4) is 11.5 Å². The Kier molecular flexibility index (Phi) is 2.44. The van der Waals surface area contributed by atoms with Crippen molar-refractivity contribution in [1.82, 2.24) is 15.0 Å². The molecule has 0 amide bonds. The average molecular weight is 240 g/mol. The summed E-state index contributed by atoms with van der Waals surface area (Å²) in [6.07, 6.45) is 5.95. The Morgan fingerprint density at radius 3 is 2.94 bits per heavy atom. The fraction of sp³-hybridized carbons (Fsp3) is 0.154. The number of fused-ring (bicyclic) bond motifs is 1. The molecule has 2 N–H and O–H groups in total. The molecular formula is C13H12N4O. The molecule has 3 aromatic rings. The molecule has 5 heteroatoms. The van der Waals surface area contributed by atoms with E-state index in [9.17, 15) is 0 Å². The lowest BCUT2D eigenvalue weighted by atomic mass is 10.1. The predicted molar refractivity (Wildman–Crippen MR) is 68.8 cm³/mol. The summed E-state index contributed by atoms with van der Waals surface area (Å²) < 4.78 is 5.82. The van der Waals surface area contributed by atoms with Crippen molar-refractivity contribution in [3.63, 3.8) is 0 Å². The first-order chi connectivity index (χ1) is 8.79. The van der Waals surface area contributed by atoms with E-state index in [1.54, 1.807) is 24.7 Å². The number of rotatable bonds is 2. The highest BCUT2D eigenvalue weighted by Gasteiger charge is 2.15. The van der Waals surface area contributed by atoms with Crippen LogP contribution in [0.15, 0.2) is 35.1 Å². The molecule has 0 aliphatic carbocycles. The molecule has 0 saturated heterocycles. The summed E-state index contributed by atoms with van der Waals surface area (Å²) in [7, 11) is 0. The summed E-state index contributed by atoms with van der Waals surface area (Å²) in [5.74, 6) is 0.989. The largest absolute Gasteiger partial charge is 0.453 e. The first-order valence-electron chi connectivity index (χ1n) is 5.74.